The molecule has 0 heterocycles. The predicted octanol–water partition coefficient (Wildman–Crippen LogP) is -1.48. The van der Waals surface area contributed by atoms with Crippen LogP contribution in [0.1, 0.15) is 0 Å². The number of hydrogen-bond acceptors (Lipinski definition) is 0. The van der Waals surface area contributed by atoms with Gasteiger partial charge in [0, 0.05) is 37.6 Å². The molecule has 0 unspecified atom stereocenters. The third-order valence-electron chi connectivity index (χ3n) is 0. The maximum Gasteiger partial charge on any atom is 0 e. The molecule has 0 saturated carbocycles. The first-order chi connectivity index (χ1) is 0. The molecule has 26 valence electrons. The molecule has 0 aliphatic heterocycles. The van der Waals surface area contributed by atoms with Crippen LogP contribution < -0.4 is 0 Å². The van der Waals surface area contributed by atoms with Crippen LogP contribution >= 0.6 is 0 Å². The smallest absolute Gasteiger partial charge is 0 e. The van der Waals surface area contributed by atoms with Crippen molar-refractivity contribution in [2.24, 2.45) is 0 Å². The molecule has 0 amide bonds. The van der Waals surface area contributed by atoms with E-state index in [-0.39, 0.29) is 72.6 Å². The normalized spacial score (nSPS) is 0. The summed E-state index contributed by atoms with van der Waals surface area (Å²) in [4.78, 5) is 0. The van der Waals surface area contributed by atoms with Gasteiger partial charge < -0.3 is 5.48 Å². The molecule has 0 aliphatic carbocycles. The zero-order valence-electron chi connectivity index (χ0n) is 1.22. The summed E-state index contributed by atoms with van der Waals surface area (Å²) < 4.78 is 0. The summed E-state index contributed by atoms with van der Waals surface area (Å²) in [7, 11) is 0. The van der Waals surface area contributed by atoms with Crippen LogP contribution in [0.4, 0.5) is 0 Å². The van der Waals surface area contributed by atoms with Crippen molar-refractivity contribution in [2.45, 2.75) is 0 Å². The van der Waals surface area contributed by atoms with E-state index in [2.05, 4.69) is 0 Å². The van der Waals surface area contributed by atoms with Crippen LogP contribution in [0, 0.1) is 0 Å². The second kappa shape index (κ2) is 19.2. The summed E-state index contributed by atoms with van der Waals surface area (Å²) in [6.45, 7) is 0. The van der Waals surface area contributed by atoms with Crippen LogP contribution in [0.3, 0.4) is 0 Å². The quantitative estimate of drug-likeness (QED) is 0.424. The van der Waals surface area contributed by atoms with Crippen molar-refractivity contribution >= 4 is 29.6 Å². The van der Waals surface area contributed by atoms with E-state index in [0.29, 0.717) is 0 Å². The van der Waals surface area contributed by atoms with E-state index >= 15 is 0 Å². The molecule has 4 heteroatoms. The third-order valence-corrected chi connectivity index (χ3v) is 0. The summed E-state index contributed by atoms with van der Waals surface area (Å²) in [5.74, 6) is 0. The second-order valence-corrected chi connectivity index (χ2v) is 0. The molecule has 0 aliphatic rings. The van der Waals surface area contributed by atoms with Crippen molar-refractivity contribution in [1.29, 1.82) is 0 Å². The summed E-state index contributed by atoms with van der Waals surface area (Å²) in [6, 6.07) is 0. The van der Waals surface area contributed by atoms with Crippen LogP contribution in [0.25, 0.3) is 0 Å². The van der Waals surface area contributed by atoms with Gasteiger partial charge in [-0.25, -0.2) is 0 Å². The van der Waals surface area contributed by atoms with Gasteiger partial charge in [-0.3, -0.25) is 0 Å². The van der Waals surface area contributed by atoms with E-state index in [0.717, 1.165) is 0 Å². The Bertz CT molecular complexity index is 8.00. The predicted molar refractivity (Wildman–Crippen MR) is 10.8 cm³/mol. The Morgan fingerprint density at radius 3 is 1.00 bits per heavy atom. The average Bonchev–Trinajstić information content (AvgIpc) is 0. The molecule has 0 aromatic carbocycles. The molecular weight excluding hydrogens is 194 g/mol. The molecule has 0 aromatic heterocycles. The van der Waals surface area contributed by atoms with Crippen molar-refractivity contribution in [3.63, 3.8) is 0 Å². The largest absolute Gasteiger partial charge is 0 e. The second-order valence-electron chi connectivity index (χ2n) is 0. The number of rotatable bonds is 0. The Balaban J connectivity index is 0. The van der Waals surface area contributed by atoms with E-state index in [1.54, 1.807) is 0 Å². The molecule has 0 saturated heterocycles. The van der Waals surface area contributed by atoms with Gasteiger partial charge in [0.2, 0.25) is 0 Å². The van der Waals surface area contributed by atoms with Crippen molar-refractivity contribution in [3.8, 4) is 0 Å². The zero-order chi connectivity index (χ0) is 0. The fourth-order valence-corrected chi connectivity index (χ4v) is 0. The van der Waals surface area contributed by atoms with Crippen LogP contribution in [0.2, 0.25) is 0 Å². The Kier molecular flexibility index (Phi) is 170. The summed E-state index contributed by atoms with van der Waals surface area (Å²) in [5, 5.41) is 0. The van der Waals surface area contributed by atoms with Crippen molar-refractivity contribution < 1.29 is 43.0 Å². The molecule has 0 radical (unpaired) electrons. The molecule has 0 atom stereocenters. The Hall–Kier alpha value is 2.14. The van der Waals surface area contributed by atoms with Gasteiger partial charge >= 0.3 is 29.6 Å². The fraction of sp³-hybridized carbons (Fsp3) is 0. The topological polar surface area (TPSA) is 31.5 Å². The minimum absolute atomic E-state index is 0. The van der Waals surface area contributed by atoms with Crippen LogP contribution in [0.5, 0.6) is 0 Å². The average molecular weight is 197 g/mol. The maximum atomic E-state index is 0. The number of hydrogen-bond donors (Lipinski definition) is 0. The van der Waals surface area contributed by atoms with Gasteiger partial charge in [0.15, 0.2) is 0 Å². The van der Waals surface area contributed by atoms with Crippen molar-refractivity contribution in [3.05, 3.63) is 0 Å². The van der Waals surface area contributed by atoms with E-state index < -0.39 is 0 Å². The van der Waals surface area contributed by atoms with Crippen LogP contribution in [-0.2, 0) is 37.6 Å². The molecule has 2 N–H and O–H groups in total. The monoisotopic (exact) mass is 198 g/mol. The minimum Gasteiger partial charge on any atom is 0 e. The Labute approximate surface area is 71.7 Å². The molecular formula is H3MoNaNiO. The first-order valence-corrected chi connectivity index (χ1v) is 0. The molecule has 4 heavy (non-hydrogen) atoms. The van der Waals surface area contributed by atoms with E-state index in [1.807, 2.05) is 0 Å². The first-order valence-electron chi connectivity index (χ1n) is 0. The van der Waals surface area contributed by atoms with Crippen LogP contribution in [-0.4, -0.2) is 35.0 Å². The molecule has 0 spiro atoms. The van der Waals surface area contributed by atoms with Crippen LogP contribution in [0.15, 0.2) is 0 Å². The zero-order valence-corrected chi connectivity index (χ0v) is 4.22. The van der Waals surface area contributed by atoms with Gasteiger partial charge in [-0.15, -0.1) is 0 Å². The minimum atomic E-state index is 0. The first kappa shape index (κ1) is 35.4. The molecule has 0 rings (SSSR count). The Morgan fingerprint density at radius 2 is 1.00 bits per heavy atom. The van der Waals surface area contributed by atoms with Gasteiger partial charge in [0.1, 0.15) is 0 Å². The molecule has 1 nitrogen and oxygen atoms in total. The van der Waals surface area contributed by atoms with Gasteiger partial charge in [-0.1, -0.05) is 0 Å². The van der Waals surface area contributed by atoms with E-state index in [4.69, 9.17) is 0 Å². The standard InChI is InChI=1S/Mo.Na.Ni.H2O.H/h;;;1H2;. The molecule has 0 fully saturated rings. The van der Waals surface area contributed by atoms with E-state index in [9.17, 15) is 0 Å². The summed E-state index contributed by atoms with van der Waals surface area (Å²) in [5.41, 5.74) is 0. The van der Waals surface area contributed by atoms with Crippen molar-refractivity contribution in [2.75, 3.05) is 0 Å². The van der Waals surface area contributed by atoms with E-state index in [1.165, 1.54) is 0 Å². The third kappa shape index (κ3) is 8.91. The maximum absolute atomic E-state index is 0. The van der Waals surface area contributed by atoms with Gasteiger partial charge in [0.25, 0.3) is 0 Å². The van der Waals surface area contributed by atoms with Gasteiger partial charge in [-0.05, 0) is 0 Å². The van der Waals surface area contributed by atoms with Gasteiger partial charge in [0.05, 0.1) is 0 Å². The molecule has 0 aromatic rings. The van der Waals surface area contributed by atoms with Gasteiger partial charge in [-0.2, -0.15) is 0 Å². The van der Waals surface area contributed by atoms with Crippen molar-refractivity contribution in [1.82, 2.24) is 0 Å². The molecule has 0 bridgehead atoms. The fourth-order valence-electron chi connectivity index (χ4n) is 0. The summed E-state index contributed by atoms with van der Waals surface area (Å²) in [6.07, 6.45) is 0. The summed E-state index contributed by atoms with van der Waals surface area (Å²) >= 11 is 0. The Morgan fingerprint density at radius 1 is 1.00 bits per heavy atom. The SMILES string of the molecule is O.[Mo].[NaH].[Ni].